The van der Waals surface area contributed by atoms with Crippen molar-refractivity contribution >= 4 is 0 Å². The first-order valence-electron chi connectivity index (χ1n) is 25.6. The third kappa shape index (κ3) is 27.4. The summed E-state index contributed by atoms with van der Waals surface area (Å²) in [7, 11) is 4.19. The standard InChI is InChI=1S/C49H98NO12.ClH/c1-5-7-9-11-13-15-17-19-20-21-22-24-26-28-30-32-34-59-48-46(56)45(55)43(53)41(62-48)38-60-49-47(57)44(54)42(52)40(61-49)37-58-36-39(51)35-50(3,4)33-31-29-27-25-23-18-16-14-12-10-8-6-2;/h39-49,51-57H,5-38H2,1-4H3;1H/q+1;/p-1/t39?,40-,41-,42-,43-,44+,45+,46-,47-,48-,49+;/m1./s1. The van der Waals surface area contributed by atoms with Gasteiger partial charge < -0.3 is 76.3 Å². The molecule has 0 aromatic heterocycles. The first kappa shape index (κ1) is 60.8. The number of aliphatic hydroxyl groups excluding tert-OH is 7. The molecule has 2 saturated heterocycles. The summed E-state index contributed by atoms with van der Waals surface area (Å²) in [5.74, 6) is 0. The molecule has 2 fully saturated rings. The number of likely N-dealkylation sites (N-methyl/N-ethyl adjacent to an activating group) is 1. The molecule has 1 unspecified atom stereocenters. The molecular weight excluding hydrogens is 830 g/mol. The maximum atomic E-state index is 10.8. The largest absolute Gasteiger partial charge is 1.00 e. The summed E-state index contributed by atoms with van der Waals surface area (Å²) < 4.78 is 29.5. The number of hydrogen-bond donors (Lipinski definition) is 7. The average molecular weight is 929 g/mol. The minimum absolute atomic E-state index is 0. The van der Waals surface area contributed by atoms with E-state index in [0.29, 0.717) is 17.6 Å². The van der Waals surface area contributed by atoms with Crippen molar-refractivity contribution in [1.82, 2.24) is 0 Å². The topological polar surface area (TPSA) is 188 Å². The van der Waals surface area contributed by atoms with E-state index in [9.17, 15) is 35.7 Å². The molecule has 2 aliphatic rings. The van der Waals surface area contributed by atoms with Gasteiger partial charge in [-0.15, -0.1) is 0 Å². The Morgan fingerprint density at radius 1 is 0.444 bits per heavy atom. The monoisotopic (exact) mass is 928 g/mol. The maximum Gasteiger partial charge on any atom is 0.186 e. The van der Waals surface area contributed by atoms with Gasteiger partial charge in [-0.25, -0.2) is 0 Å². The molecule has 2 heterocycles. The summed E-state index contributed by atoms with van der Waals surface area (Å²) in [6, 6.07) is 0. The Morgan fingerprint density at radius 3 is 1.21 bits per heavy atom. The van der Waals surface area contributed by atoms with E-state index in [2.05, 4.69) is 27.9 Å². The van der Waals surface area contributed by atoms with Crippen LogP contribution in [-0.4, -0.2) is 161 Å². The molecule has 13 nitrogen and oxygen atoms in total. The molecule has 378 valence electrons. The molecular formula is C49H98ClNO12. The van der Waals surface area contributed by atoms with Crippen LogP contribution < -0.4 is 12.4 Å². The highest BCUT2D eigenvalue weighted by Crippen LogP contribution is 2.27. The van der Waals surface area contributed by atoms with Gasteiger partial charge in [-0.05, 0) is 19.3 Å². The summed E-state index contributed by atoms with van der Waals surface area (Å²) in [5, 5.41) is 74.4. The quantitative estimate of drug-likeness (QED) is 0.0346. The minimum atomic E-state index is -1.62. The molecule has 63 heavy (non-hydrogen) atoms. The highest BCUT2D eigenvalue weighted by molar-refractivity contribution is 4.92. The van der Waals surface area contributed by atoms with Crippen LogP contribution in [0.3, 0.4) is 0 Å². The van der Waals surface area contributed by atoms with E-state index in [1.165, 1.54) is 154 Å². The Kier molecular flexibility index (Phi) is 36.4. The lowest BCUT2D eigenvalue weighted by Crippen LogP contribution is -3.00. The van der Waals surface area contributed by atoms with Crippen molar-refractivity contribution in [3.8, 4) is 0 Å². The van der Waals surface area contributed by atoms with Crippen LogP contribution >= 0.6 is 0 Å². The second kappa shape index (κ2) is 37.7. The van der Waals surface area contributed by atoms with Crippen molar-refractivity contribution in [2.24, 2.45) is 0 Å². The van der Waals surface area contributed by atoms with Gasteiger partial charge in [-0.3, -0.25) is 0 Å². The van der Waals surface area contributed by atoms with E-state index < -0.39 is 67.5 Å². The van der Waals surface area contributed by atoms with Crippen LogP contribution in [0, 0.1) is 0 Å². The number of nitrogens with zero attached hydrogens (tertiary/aromatic N) is 1. The van der Waals surface area contributed by atoms with Crippen molar-refractivity contribution < 1.29 is 76.3 Å². The summed E-state index contributed by atoms with van der Waals surface area (Å²) in [6.07, 6.45) is 20.8. The van der Waals surface area contributed by atoms with Crippen LogP contribution in [0.4, 0.5) is 0 Å². The molecule has 0 aromatic carbocycles. The van der Waals surface area contributed by atoms with E-state index in [4.69, 9.17) is 23.7 Å². The first-order valence-corrected chi connectivity index (χ1v) is 25.6. The highest BCUT2D eigenvalue weighted by atomic mass is 35.5. The third-order valence-electron chi connectivity index (χ3n) is 13.0. The third-order valence-corrected chi connectivity index (χ3v) is 13.0. The van der Waals surface area contributed by atoms with E-state index in [1.807, 2.05) is 0 Å². The van der Waals surface area contributed by atoms with Crippen LogP contribution in [0.2, 0.25) is 0 Å². The molecule has 0 amide bonds. The van der Waals surface area contributed by atoms with E-state index >= 15 is 0 Å². The Morgan fingerprint density at radius 2 is 0.794 bits per heavy atom. The normalized spacial score (nSPS) is 27.1. The second-order valence-electron chi connectivity index (χ2n) is 19.5. The zero-order chi connectivity index (χ0) is 45.4. The molecule has 0 aliphatic carbocycles. The lowest BCUT2D eigenvalue weighted by molar-refractivity contribution is -0.893. The van der Waals surface area contributed by atoms with Crippen LogP contribution in [-0.2, 0) is 23.7 Å². The Balaban J connectivity index is 0.0000198. The summed E-state index contributed by atoms with van der Waals surface area (Å²) in [5.41, 5.74) is 0. The Labute approximate surface area is 389 Å². The number of rotatable bonds is 40. The van der Waals surface area contributed by atoms with Gasteiger partial charge in [-0.2, -0.15) is 0 Å². The first-order chi connectivity index (χ1) is 29.9. The van der Waals surface area contributed by atoms with Gasteiger partial charge in [0.15, 0.2) is 12.6 Å². The molecule has 0 spiro atoms. The fraction of sp³-hybridized carbons (Fsp3) is 1.00. The van der Waals surface area contributed by atoms with Gasteiger partial charge in [0.2, 0.25) is 0 Å². The van der Waals surface area contributed by atoms with E-state index in [0.717, 1.165) is 32.2 Å². The second-order valence-corrected chi connectivity index (χ2v) is 19.5. The fourth-order valence-corrected chi connectivity index (χ4v) is 8.84. The number of quaternary nitrogens is 1. The van der Waals surface area contributed by atoms with Crippen molar-refractivity contribution in [3.63, 3.8) is 0 Å². The van der Waals surface area contributed by atoms with Crippen molar-refractivity contribution in [3.05, 3.63) is 0 Å². The molecule has 2 aliphatic heterocycles. The smallest absolute Gasteiger partial charge is 0.186 e. The highest BCUT2D eigenvalue weighted by Gasteiger charge is 2.47. The predicted molar refractivity (Wildman–Crippen MR) is 245 cm³/mol. The van der Waals surface area contributed by atoms with Crippen LogP contribution in [0.25, 0.3) is 0 Å². The van der Waals surface area contributed by atoms with Crippen molar-refractivity contribution in [1.29, 1.82) is 0 Å². The molecule has 14 heteroatoms. The predicted octanol–water partition coefficient (Wildman–Crippen LogP) is 4.06. The minimum Gasteiger partial charge on any atom is -1.00 e. The number of ether oxygens (including phenoxy) is 5. The fourth-order valence-electron chi connectivity index (χ4n) is 8.84. The molecule has 0 saturated carbocycles. The van der Waals surface area contributed by atoms with Gasteiger partial charge in [0.25, 0.3) is 0 Å². The summed E-state index contributed by atoms with van der Waals surface area (Å²) in [4.78, 5) is 0. The zero-order valence-electron chi connectivity index (χ0n) is 40.4. The summed E-state index contributed by atoms with van der Waals surface area (Å²) >= 11 is 0. The molecule has 2 rings (SSSR count). The lowest BCUT2D eigenvalue weighted by Gasteiger charge is -2.43. The SMILES string of the molecule is CCCCCCCCCCCCCCCCCCO[C@@H]1O[C@H](CO[C@H]2O[C@H](COCC(O)C[N+](C)(C)CCCCCCCCCCCCCC)[C@@H](O)[C@H](O)[C@H]2O)[C@@H](O)[C@H](O)[C@H]1O.[Cl-]. The number of aliphatic hydroxyl groups is 7. The van der Waals surface area contributed by atoms with Gasteiger partial charge in [0.05, 0.1) is 40.5 Å². The van der Waals surface area contributed by atoms with Crippen LogP contribution in [0.1, 0.15) is 194 Å². The van der Waals surface area contributed by atoms with Crippen molar-refractivity contribution in [2.75, 3.05) is 53.6 Å². The van der Waals surface area contributed by atoms with Crippen LogP contribution in [0.15, 0.2) is 0 Å². The molecule has 0 aromatic rings. The lowest BCUT2D eigenvalue weighted by atomic mass is 9.98. The number of unbranched alkanes of at least 4 members (excludes halogenated alkanes) is 26. The van der Waals surface area contributed by atoms with E-state index in [-0.39, 0.29) is 32.2 Å². The zero-order valence-corrected chi connectivity index (χ0v) is 41.1. The van der Waals surface area contributed by atoms with Gasteiger partial charge in [-0.1, -0.05) is 174 Å². The molecule has 7 N–H and O–H groups in total. The Hall–Kier alpha value is -0.230. The van der Waals surface area contributed by atoms with Crippen molar-refractivity contribution in [2.45, 2.75) is 261 Å². The number of halogens is 1. The maximum absolute atomic E-state index is 10.8. The molecule has 0 radical (unpaired) electrons. The van der Waals surface area contributed by atoms with Gasteiger partial charge in [0.1, 0.15) is 61.5 Å². The van der Waals surface area contributed by atoms with Gasteiger partial charge in [0, 0.05) is 6.61 Å². The summed E-state index contributed by atoms with van der Waals surface area (Å²) in [6.45, 7) is 5.73. The molecule has 11 atom stereocenters. The number of hydrogen-bond acceptors (Lipinski definition) is 12. The van der Waals surface area contributed by atoms with E-state index in [1.54, 1.807) is 0 Å². The van der Waals surface area contributed by atoms with Crippen LogP contribution in [0.5, 0.6) is 0 Å². The average Bonchev–Trinajstić information content (AvgIpc) is 3.24. The molecule has 0 bridgehead atoms. The van der Waals surface area contributed by atoms with Gasteiger partial charge >= 0.3 is 0 Å². The Bertz CT molecular complexity index is 1030.